The van der Waals surface area contributed by atoms with Crippen LogP contribution in [0.4, 0.5) is 0 Å². The first-order valence-electron chi connectivity index (χ1n) is 36.7. The first-order valence-corrected chi connectivity index (χ1v) is 39.7. The highest BCUT2D eigenvalue weighted by molar-refractivity contribution is 7.47. The molecule has 19 heteroatoms. The van der Waals surface area contributed by atoms with E-state index >= 15 is 0 Å². The highest BCUT2D eigenvalue weighted by Crippen LogP contribution is 2.45. The molecule has 0 aliphatic heterocycles. The molecule has 0 spiro atoms. The molecule has 0 saturated heterocycles. The van der Waals surface area contributed by atoms with Crippen molar-refractivity contribution in [1.82, 2.24) is 0 Å². The molecule has 0 rings (SSSR count). The molecule has 0 radical (unpaired) electrons. The molecule has 534 valence electrons. The molecule has 0 amide bonds. The topological polar surface area (TPSA) is 237 Å². The molecule has 0 aliphatic rings. The smallest absolute Gasteiger partial charge is 0.462 e. The van der Waals surface area contributed by atoms with Crippen molar-refractivity contribution >= 4 is 39.5 Å². The van der Waals surface area contributed by atoms with Crippen LogP contribution in [0.5, 0.6) is 0 Å². The molecule has 0 heterocycles. The van der Waals surface area contributed by atoms with Crippen molar-refractivity contribution in [3.05, 3.63) is 0 Å². The summed E-state index contributed by atoms with van der Waals surface area (Å²) in [5.41, 5.74) is 0. The monoisotopic (exact) mass is 1320 g/mol. The number of hydrogen-bond donors (Lipinski definition) is 3. The quantitative estimate of drug-likeness (QED) is 0.0222. The summed E-state index contributed by atoms with van der Waals surface area (Å²) in [7, 11) is -9.90. The Hall–Kier alpha value is -1.94. The van der Waals surface area contributed by atoms with Gasteiger partial charge in [0.1, 0.15) is 19.3 Å². The van der Waals surface area contributed by atoms with Gasteiger partial charge in [0, 0.05) is 25.7 Å². The number of ether oxygens (including phenoxy) is 4. The van der Waals surface area contributed by atoms with E-state index < -0.39 is 97.5 Å². The number of rotatable bonds is 68. The van der Waals surface area contributed by atoms with E-state index in [0.29, 0.717) is 31.6 Å². The van der Waals surface area contributed by atoms with Gasteiger partial charge in [-0.3, -0.25) is 37.3 Å². The second-order valence-electron chi connectivity index (χ2n) is 27.3. The Morgan fingerprint density at radius 2 is 0.533 bits per heavy atom. The number of carbonyl (C=O) groups is 4. The lowest BCUT2D eigenvalue weighted by atomic mass is 10.00. The molecule has 3 N–H and O–H groups in total. The Labute approximate surface area is 549 Å². The van der Waals surface area contributed by atoms with Gasteiger partial charge in [-0.05, 0) is 49.4 Å². The number of unbranched alkanes of at least 4 members (excludes halogenated alkanes) is 33. The minimum Gasteiger partial charge on any atom is -0.462 e. The molecule has 0 saturated carbocycles. The van der Waals surface area contributed by atoms with Crippen LogP contribution in [0.25, 0.3) is 0 Å². The fourth-order valence-corrected chi connectivity index (χ4v) is 12.2. The summed E-state index contributed by atoms with van der Waals surface area (Å²) in [6.07, 6.45) is 43.1. The van der Waals surface area contributed by atoms with Crippen LogP contribution in [0, 0.1) is 23.7 Å². The van der Waals surface area contributed by atoms with E-state index in [0.717, 1.165) is 120 Å². The molecule has 0 aromatic heterocycles. The van der Waals surface area contributed by atoms with E-state index in [1.54, 1.807) is 0 Å². The number of aliphatic hydroxyl groups is 1. The van der Waals surface area contributed by atoms with Gasteiger partial charge < -0.3 is 33.8 Å². The van der Waals surface area contributed by atoms with Gasteiger partial charge >= 0.3 is 39.5 Å². The van der Waals surface area contributed by atoms with Gasteiger partial charge in [-0.2, -0.15) is 0 Å². The maximum absolute atomic E-state index is 13.0. The van der Waals surface area contributed by atoms with Crippen molar-refractivity contribution in [3.8, 4) is 0 Å². The van der Waals surface area contributed by atoms with Crippen LogP contribution in [0.1, 0.15) is 351 Å². The number of hydrogen-bond acceptors (Lipinski definition) is 15. The normalized spacial score (nSPS) is 14.6. The lowest BCUT2D eigenvalue weighted by molar-refractivity contribution is -0.161. The Balaban J connectivity index is 5.24. The van der Waals surface area contributed by atoms with Crippen molar-refractivity contribution in [2.45, 2.75) is 369 Å². The van der Waals surface area contributed by atoms with Gasteiger partial charge in [-0.25, -0.2) is 9.13 Å². The maximum atomic E-state index is 13.0. The minimum absolute atomic E-state index is 0.105. The van der Waals surface area contributed by atoms with E-state index in [4.69, 9.17) is 37.0 Å². The third-order valence-corrected chi connectivity index (χ3v) is 18.6. The Bertz CT molecular complexity index is 1780. The Morgan fingerprint density at radius 3 is 0.789 bits per heavy atom. The van der Waals surface area contributed by atoms with Gasteiger partial charge in [0.15, 0.2) is 12.2 Å². The fourth-order valence-electron chi connectivity index (χ4n) is 10.6. The third kappa shape index (κ3) is 63.5. The molecule has 3 unspecified atom stereocenters. The van der Waals surface area contributed by atoms with Crippen LogP contribution in [0.2, 0.25) is 0 Å². The summed E-state index contributed by atoms with van der Waals surface area (Å²) in [4.78, 5) is 72.6. The largest absolute Gasteiger partial charge is 0.472 e. The lowest BCUT2D eigenvalue weighted by Crippen LogP contribution is -2.30. The average molecular weight is 1330 g/mol. The van der Waals surface area contributed by atoms with Crippen LogP contribution in [0.3, 0.4) is 0 Å². The van der Waals surface area contributed by atoms with E-state index in [1.807, 2.05) is 0 Å². The molecule has 0 aromatic carbocycles. The fraction of sp³-hybridized carbons (Fsp3) is 0.944. The second-order valence-corrected chi connectivity index (χ2v) is 30.2. The van der Waals surface area contributed by atoms with Crippen molar-refractivity contribution in [3.63, 3.8) is 0 Å². The molecule has 6 atom stereocenters. The van der Waals surface area contributed by atoms with Crippen LogP contribution in [0.15, 0.2) is 0 Å². The Morgan fingerprint density at radius 1 is 0.311 bits per heavy atom. The van der Waals surface area contributed by atoms with Crippen molar-refractivity contribution < 1.29 is 80.2 Å². The zero-order valence-corrected chi connectivity index (χ0v) is 60.6. The summed E-state index contributed by atoms with van der Waals surface area (Å²) < 4.78 is 68.3. The standard InChI is InChI=1S/C71H138O17P2/c1-9-64(8)50-42-34-29-30-36-44-52-69(74)82-58-67(88-71(76)54-46-38-27-21-17-13-15-19-24-32-40-48-62(4)5)60-86-90(79,80)84-56-65(72)55-83-89(77,78)85-59-66(57-81-68(73)51-43-35-28-22-25-33-41-49-63(6)7)87-70(75)53-45-37-26-20-16-12-10-11-14-18-23-31-39-47-61(2)3/h61-67,72H,9-60H2,1-8H3,(H,77,78)(H,79,80)/t64?,65-,66-,67-/m1/s1. The van der Waals surface area contributed by atoms with Crippen LogP contribution in [-0.4, -0.2) is 96.7 Å². The highest BCUT2D eigenvalue weighted by Gasteiger charge is 2.30. The number of aliphatic hydroxyl groups excluding tert-OH is 1. The summed E-state index contributed by atoms with van der Waals surface area (Å²) in [6.45, 7) is 14.1. The second kappa shape index (κ2) is 60.7. The van der Waals surface area contributed by atoms with E-state index in [-0.39, 0.29) is 25.7 Å². The minimum atomic E-state index is -4.95. The molecule has 0 aromatic rings. The maximum Gasteiger partial charge on any atom is 0.472 e. The summed E-state index contributed by atoms with van der Waals surface area (Å²) in [6, 6.07) is 0. The summed E-state index contributed by atoms with van der Waals surface area (Å²) in [5, 5.41) is 10.6. The predicted molar refractivity (Wildman–Crippen MR) is 363 cm³/mol. The van der Waals surface area contributed by atoms with E-state index in [9.17, 15) is 43.2 Å². The number of esters is 4. The van der Waals surface area contributed by atoms with Gasteiger partial charge in [-0.15, -0.1) is 0 Å². The summed E-state index contributed by atoms with van der Waals surface area (Å²) in [5.74, 6) is 0.858. The van der Waals surface area contributed by atoms with Crippen molar-refractivity contribution in [2.24, 2.45) is 23.7 Å². The summed E-state index contributed by atoms with van der Waals surface area (Å²) >= 11 is 0. The zero-order chi connectivity index (χ0) is 66.8. The first kappa shape index (κ1) is 88.1. The van der Waals surface area contributed by atoms with Gasteiger partial charge in [0.2, 0.25) is 0 Å². The molecule has 17 nitrogen and oxygen atoms in total. The number of phosphoric ester groups is 2. The van der Waals surface area contributed by atoms with Crippen LogP contribution >= 0.6 is 15.6 Å². The molecule has 0 fully saturated rings. The van der Waals surface area contributed by atoms with E-state index in [2.05, 4.69) is 55.4 Å². The number of carbonyl (C=O) groups excluding carboxylic acids is 4. The van der Waals surface area contributed by atoms with Crippen molar-refractivity contribution in [2.75, 3.05) is 39.6 Å². The number of phosphoric acid groups is 2. The Kier molecular flexibility index (Phi) is 59.4. The van der Waals surface area contributed by atoms with Gasteiger partial charge in [0.25, 0.3) is 0 Å². The van der Waals surface area contributed by atoms with Crippen molar-refractivity contribution in [1.29, 1.82) is 0 Å². The average Bonchev–Trinajstić information content (AvgIpc) is 3.03. The molecule has 0 bridgehead atoms. The predicted octanol–water partition coefficient (Wildman–Crippen LogP) is 20.1. The van der Waals surface area contributed by atoms with Gasteiger partial charge in [-0.1, -0.05) is 299 Å². The third-order valence-electron chi connectivity index (χ3n) is 16.7. The lowest BCUT2D eigenvalue weighted by Gasteiger charge is -2.21. The van der Waals surface area contributed by atoms with Gasteiger partial charge in [0.05, 0.1) is 26.4 Å². The first-order chi connectivity index (χ1) is 43.1. The van der Waals surface area contributed by atoms with E-state index in [1.165, 1.54) is 141 Å². The SMILES string of the molecule is CCC(C)CCCCCCCCC(=O)OC[C@H](COP(=O)(O)OC[C@H](O)COP(=O)(O)OC[C@@H](COC(=O)CCCCCCCCCC(C)C)OC(=O)CCCCCCCCCCCCCCCC(C)C)OC(=O)CCCCCCCCCCCCCC(C)C. The molecular weight excluding hydrogens is 1190 g/mol. The zero-order valence-electron chi connectivity index (χ0n) is 58.8. The molecule has 0 aliphatic carbocycles. The molecular formula is C71H138O17P2. The highest BCUT2D eigenvalue weighted by atomic mass is 31.2. The van der Waals surface area contributed by atoms with Crippen LogP contribution < -0.4 is 0 Å². The van der Waals surface area contributed by atoms with Crippen LogP contribution in [-0.2, 0) is 65.4 Å². The molecule has 90 heavy (non-hydrogen) atoms.